The summed E-state index contributed by atoms with van der Waals surface area (Å²) in [6.07, 6.45) is 0.832. The van der Waals surface area contributed by atoms with Crippen LogP contribution in [0, 0.1) is 5.82 Å². The molecule has 0 aliphatic heterocycles. The van der Waals surface area contributed by atoms with E-state index in [1.54, 1.807) is 28.8 Å². The van der Waals surface area contributed by atoms with Crippen molar-refractivity contribution < 1.29 is 9.18 Å². The van der Waals surface area contributed by atoms with E-state index in [4.69, 9.17) is 0 Å². The van der Waals surface area contributed by atoms with E-state index in [2.05, 4.69) is 20.9 Å². The van der Waals surface area contributed by atoms with E-state index in [1.165, 1.54) is 17.4 Å². The number of para-hydroxylation sites is 1. The van der Waals surface area contributed by atoms with Crippen LogP contribution in [0.2, 0.25) is 0 Å². The summed E-state index contributed by atoms with van der Waals surface area (Å²) in [7, 11) is 0. The van der Waals surface area contributed by atoms with E-state index in [1.807, 2.05) is 19.1 Å². The van der Waals surface area contributed by atoms with E-state index in [0.29, 0.717) is 22.4 Å². The van der Waals surface area contributed by atoms with Gasteiger partial charge in [-0.05, 0) is 36.8 Å². The Bertz CT molecular complexity index is 945. The third-order valence-electron chi connectivity index (χ3n) is 3.37. The van der Waals surface area contributed by atoms with Crippen LogP contribution in [0.5, 0.6) is 0 Å². The predicted molar refractivity (Wildman–Crippen MR) is 94.1 cm³/mol. The van der Waals surface area contributed by atoms with Gasteiger partial charge in [0.05, 0.1) is 10.2 Å². The summed E-state index contributed by atoms with van der Waals surface area (Å²) in [5, 5.41) is 0. The third kappa shape index (κ3) is 3.28. The molecular weight excluding hydrogens is 379 g/mol. The first kappa shape index (κ1) is 16.1. The number of aromatic nitrogens is 1. The van der Waals surface area contributed by atoms with Crippen LogP contribution < -0.4 is 4.80 Å². The van der Waals surface area contributed by atoms with Gasteiger partial charge < -0.3 is 4.57 Å². The van der Waals surface area contributed by atoms with Gasteiger partial charge >= 0.3 is 0 Å². The second-order valence-corrected chi connectivity index (χ2v) is 6.97. The normalized spacial score (nSPS) is 12.0. The quantitative estimate of drug-likeness (QED) is 0.632. The summed E-state index contributed by atoms with van der Waals surface area (Å²) < 4.78 is 17.5. The van der Waals surface area contributed by atoms with Gasteiger partial charge in [0.2, 0.25) is 0 Å². The van der Waals surface area contributed by atoms with Crippen molar-refractivity contribution in [3.05, 3.63) is 63.1 Å². The number of nitrogens with zero attached hydrogens (tertiary/aromatic N) is 2. The summed E-state index contributed by atoms with van der Waals surface area (Å²) in [6, 6.07) is 12.0. The van der Waals surface area contributed by atoms with Crippen molar-refractivity contribution in [1.82, 2.24) is 4.57 Å². The maximum absolute atomic E-state index is 14.1. The number of aryl methyl sites for hydroxylation is 1. The van der Waals surface area contributed by atoms with Crippen LogP contribution in [0.25, 0.3) is 10.2 Å². The first-order valence-electron chi connectivity index (χ1n) is 7.22. The highest BCUT2D eigenvalue weighted by Gasteiger charge is 2.12. The molecule has 1 aromatic heterocycles. The SMILES string of the molecule is CCCn1c(=NC(=O)c2cccc(Br)c2)sc2cccc(F)c21. The summed E-state index contributed by atoms with van der Waals surface area (Å²) in [6.45, 7) is 2.63. The van der Waals surface area contributed by atoms with Crippen LogP contribution >= 0.6 is 27.3 Å². The van der Waals surface area contributed by atoms with Crippen LogP contribution in [-0.2, 0) is 6.54 Å². The van der Waals surface area contributed by atoms with Crippen molar-refractivity contribution in [2.24, 2.45) is 4.99 Å². The van der Waals surface area contributed by atoms with Crippen molar-refractivity contribution in [2.75, 3.05) is 0 Å². The Morgan fingerprint density at radius 2 is 2.09 bits per heavy atom. The first-order valence-corrected chi connectivity index (χ1v) is 8.83. The van der Waals surface area contributed by atoms with Crippen LogP contribution in [0.15, 0.2) is 51.9 Å². The fourth-order valence-corrected chi connectivity index (χ4v) is 3.84. The smallest absolute Gasteiger partial charge is 0.279 e. The summed E-state index contributed by atoms with van der Waals surface area (Å²) in [5.74, 6) is -0.619. The highest BCUT2D eigenvalue weighted by Crippen LogP contribution is 2.21. The second kappa shape index (κ2) is 6.76. The van der Waals surface area contributed by atoms with E-state index in [0.717, 1.165) is 15.6 Å². The van der Waals surface area contributed by atoms with Crippen molar-refractivity contribution in [1.29, 1.82) is 0 Å². The molecule has 0 radical (unpaired) electrons. The Morgan fingerprint density at radius 3 is 2.83 bits per heavy atom. The number of rotatable bonds is 3. The molecule has 3 nitrogen and oxygen atoms in total. The second-order valence-electron chi connectivity index (χ2n) is 5.05. The van der Waals surface area contributed by atoms with Gasteiger partial charge in [-0.2, -0.15) is 4.99 Å². The molecule has 0 spiro atoms. The lowest BCUT2D eigenvalue weighted by Gasteiger charge is -2.03. The van der Waals surface area contributed by atoms with Crippen LogP contribution in [0.3, 0.4) is 0 Å². The Hall–Kier alpha value is -1.79. The van der Waals surface area contributed by atoms with Gasteiger partial charge in [-0.1, -0.05) is 46.3 Å². The summed E-state index contributed by atoms with van der Waals surface area (Å²) >= 11 is 4.68. The zero-order valence-corrected chi connectivity index (χ0v) is 14.8. The molecule has 0 N–H and O–H groups in total. The monoisotopic (exact) mass is 392 g/mol. The van der Waals surface area contributed by atoms with Crippen molar-refractivity contribution >= 4 is 43.4 Å². The number of benzene rings is 2. The fourth-order valence-electron chi connectivity index (χ4n) is 2.38. The molecule has 118 valence electrons. The molecule has 23 heavy (non-hydrogen) atoms. The highest BCUT2D eigenvalue weighted by molar-refractivity contribution is 9.10. The third-order valence-corrected chi connectivity index (χ3v) is 4.90. The number of hydrogen-bond acceptors (Lipinski definition) is 2. The van der Waals surface area contributed by atoms with Gasteiger partial charge in [-0.25, -0.2) is 4.39 Å². The highest BCUT2D eigenvalue weighted by atomic mass is 79.9. The zero-order chi connectivity index (χ0) is 16.4. The van der Waals surface area contributed by atoms with E-state index < -0.39 is 0 Å². The molecule has 0 atom stereocenters. The molecule has 6 heteroatoms. The number of fused-ring (bicyclic) bond motifs is 1. The molecule has 0 saturated carbocycles. The summed E-state index contributed by atoms with van der Waals surface area (Å²) in [5.41, 5.74) is 1.01. The minimum atomic E-state index is -0.330. The number of halogens is 2. The predicted octanol–water partition coefficient (Wildman–Crippen LogP) is 4.76. The number of carbonyl (C=O) groups is 1. The average Bonchev–Trinajstić information content (AvgIpc) is 2.86. The molecular formula is C17H14BrFN2OS. The molecule has 0 aliphatic carbocycles. The molecule has 2 aromatic carbocycles. The number of amides is 1. The molecule has 1 heterocycles. The van der Waals surface area contributed by atoms with Crippen molar-refractivity contribution in [3.8, 4) is 0 Å². The molecule has 0 bridgehead atoms. The summed E-state index contributed by atoms with van der Waals surface area (Å²) in [4.78, 5) is 17.1. The number of carbonyl (C=O) groups excluding carboxylic acids is 1. The van der Waals surface area contributed by atoms with Gasteiger partial charge in [0, 0.05) is 16.6 Å². The van der Waals surface area contributed by atoms with Gasteiger partial charge in [0.25, 0.3) is 5.91 Å². The lowest BCUT2D eigenvalue weighted by Crippen LogP contribution is -2.17. The molecule has 0 fully saturated rings. The van der Waals surface area contributed by atoms with Crippen molar-refractivity contribution in [3.63, 3.8) is 0 Å². The molecule has 0 unspecified atom stereocenters. The molecule has 3 aromatic rings. The Morgan fingerprint density at radius 1 is 1.30 bits per heavy atom. The van der Waals surface area contributed by atoms with Gasteiger partial charge in [0.1, 0.15) is 5.82 Å². The van der Waals surface area contributed by atoms with Crippen LogP contribution in [0.1, 0.15) is 23.7 Å². The minimum Gasteiger partial charge on any atom is -0.314 e. The van der Waals surface area contributed by atoms with Crippen molar-refractivity contribution in [2.45, 2.75) is 19.9 Å². The largest absolute Gasteiger partial charge is 0.314 e. The molecule has 3 rings (SSSR count). The van der Waals surface area contributed by atoms with Crippen LogP contribution in [-0.4, -0.2) is 10.5 Å². The van der Waals surface area contributed by atoms with Gasteiger partial charge in [-0.3, -0.25) is 4.79 Å². The topological polar surface area (TPSA) is 34.4 Å². The zero-order valence-electron chi connectivity index (χ0n) is 12.4. The molecule has 1 amide bonds. The number of hydrogen-bond donors (Lipinski definition) is 0. The fraction of sp³-hybridized carbons (Fsp3) is 0.176. The minimum absolute atomic E-state index is 0.288. The molecule has 0 saturated heterocycles. The Kier molecular flexibility index (Phi) is 4.73. The van der Waals surface area contributed by atoms with E-state index in [9.17, 15) is 9.18 Å². The number of thiazole rings is 1. The lowest BCUT2D eigenvalue weighted by atomic mass is 10.2. The van der Waals surface area contributed by atoms with Gasteiger partial charge in [0.15, 0.2) is 4.80 Å². The van der Waals surface area contributed by atoms with Gasteiger partial charge in [-0.15, -0.1) is 0 Å². The molecule has 0 aliphatic rings. The van der Waals surface area contributed by atoms with Crippen LogP contribution in [0.4, 0.5) is 4.39 Å². The first-order chi connectivity index (χ1) is 11.1. The van der Waals surface area contributed by atoms with E-state index in [-0.39, 0.29) is 11.7 Å². The maximum Gasteiger partial charge on any atom is 0.279 e. The standard InChI is InChI=1S/C17H14BrFN2OS/c1-2-9-21-15-13(19)7-4-8-14(15)23-17(21)20-16(22)11-5-3-6-12(18)10-11/h3-8,10H,2,9H2,1H3. The Balaban J connectivity index is 2.17. The lowest BCUT2D eigenvalue weighted by molar-refractivity contribution is 0.0997. The Labute approximate surface area is 145 Å². The average molecular weight is 393 g/mol. The van der Waals surface area contributed by atoms with E-state index >= 15 is 0 Å². The maximum atomic E-state index is 14.1.